The summed E-state index contributed by atoms with van der Waals surface area (Å²) in [5.74, 6) is 2.63. The fraction of sp³-hybridized carbons (Fsp3) is 0.846. The van der Waals surface area contributed by atoms with Gasteiger partial charge < -0.3 is 5.32 Å². The van der Waals surface area contributed by atoms with Crippen LogP contribution in [0.3, 0.4) is 0 Å². The average molecular weight is 285 g/mol. The van der Waals surface area contributed by atoms with E-state index in [-0.39, 0.29) is 0 Å². The van der Waals surface area contributed by atoms with Gasteiger partial charge in [-0.15, -0.1) is 0 Å². The predicted molar refractivity (Wildman–Crippen MR) is 81.4 cm³/mol. The molecule has 5 heteroatoms. The van der Waals surface area contributed by atoms with E-state index < -0.39 is 0 Å². The molecule has 0 saturated heterocycles. The second-order valence-corrected chi connectivity index (χ2v) is 7.40. The molecule has 3 nitrogen and oxygen atoms in total. The summed E-state index contributed by atoms with van der Waals surface area (Å²) in [6, 6.07) is 0. The second-order valence-electron chi connectivity index (χ2n) is 5.36. The third kappa shape index (κ3) is 4.76. The molecule has 1 N–H and O–H groups in total. The van der Waals surface area contributed by atoms with Crippen LogP contribution in [0.4, 0.5) is 5.13 Å². The lowest BCUT2D eigenvalue weighted by Crippen LogP contribution is -2.09. The maximum absolute atomic E-state index is 4.54. The van der Waals surface area contributed by atoms with Gasteiger partial charge in [-0.25, -0.2) is 4.98 Å². The Kier molecular flexibility index (Phi) is 5.76. The van der Waals surface area contributed by atoms with E-state index in [0.29, 0.717) is 5.92 Å². The SMILES string of the molecule is CC(C)CNc1nc(CSC2CCCCC2)ns1. The standard InChI is InChI=1S/C13H23N3S2/c1-10(2)8-14-13-15-12(16-18-13)9-17-11-6-4-3-5-7-11/h10-11H,3-9H2,1-2H3,(H,14,15,16). The van der Waals surface area contributed by atoms with Crippen LogP contribution in [0.1, 0.15) is 51.8 Å². The van der Waals surface area contributed by atoms with Crippen LogP contribution in [0, 0.1) is 5.92 Å². The minimum absolute atomic E-state index is 0.647. The van der Waals surface area contributed by atoms with Crippen molar-refractivity contribution in [3.8, 4) is 0 Å². The number of nitrogens with zero attached hydrogens (tertiary/aromatic N) is 2. The van der Waals surface area contributed by atoms with E-state index in [0.717, 1.165) is 28.5 Å². The third-order valence-electron chi connectivity index (χ3n) is 3.13. The number of hydrogen-bond acceptors (Lipinski definition) is 5. The summed E-state index contributed by atoms with van der Waals surface area (Å²) in [6.07, 6.45) is 7.00. The van der Waals surface area contributed by atoms with Gasteiger partial charge in [0.05, 0.1) is 5.75 Å². The highest BCUT2D eigenvalue weighted by molar-refractivity contribution is 7.99. The first-order valence-electron chi connectivity index (χ1n) is 6.92. The zero-order valence-electron chi connectivity index (χ0n) is 11.3. The minimum atomic E-state index is 0.647. The Morgan fingerprint density at radius 3 is 2.83 bits per heavy atom. The molecule has 1 aromatic heterocycles. The van der Waals surface area contributed by atoms with Gasteiger partial charge in [-0.1, -0.05) is 33.1 Å². The van der Waals surface area contributed by atoms with Crippen LogP contribution in [-0.2, 0) is 5.75 Å². The van der Waals surface area contributed by atoms with Crippen molar-refractivity contribution in [1.29, 1.82) is 0 Å². The number of anilines is 1. The summed E-state index contributed by atoms with van der Waals surface area (Å²) in [5.41, 5.74) is 0. The molecule has 0 unspecified atom stereocenters. The van der Waals surface area contributed by atoms with Crippen molar-refractivity contribution in [2.45, 2.75) is 57.0 Å². The lowest BCUT2D eigenvalue weighted by Gasteiger charge is -2.20. The van der Waals surface area contributed by atoms with E-state index in [1.807, 2.05) is 11.8 Å². The Balaban J connectivity index is 1.72. The molecule has 1 aliphatic carbocycles. The number of thioether (sulfide) groups is 1. The van der Waals surface area contributed by atoms with Crippen LogP contribution in [0.15, 0.2) is 0 Å². The summed E-state index contributed by atoms with van der Waals surface area (Å²) < 4.78 is 4.43. The van der Waals surface area contributed by atoms with Crippen molar-refractivity contribution in [3.05, 3.63) is 5.82 Å². The molecule has 0 aliphatic heterocycles. The summed E-state index contributed by atoms with van der Waals surface area (Å²) in [7, 11) is 0. The molecule has 1 aliphatic rings. The van der Waals surface area contributed by atoms with Gasteiger partial charge in [0.2, 0.25) is 5.13 Å². The molecule has 0 aromatic carbocycles. The van der Waals surface area contributed by atoms with Crippen LogP contribution in [0.25, 0.3) is 0 Å². The van der Waals surface area contributed by atoms with Gasteiger partial charge in [0.25, 0.3) is 0 Å². The first kappa shape index (κ1) is 14.1. The zero-order chi connectivity index (χ0) is 12.8. The van der Waals surface area contributed by atoms with Crippen LogP contribution in [0.5, 0.6) is 0 Å². The lowest BCUT2D eigenvalue weighted by molar-refractivity contribution is 0.516. The normalized spacial score (nSPS) is 17.3. The van der Waals surface area contributed by atoms with E-state index in [9.17, 15) is 0 Å². The molecule has 0 spiro atoms. The van der Waals surface area contributed by atoms with Crippen molar-refractivity contribution >= 4 is 28.4 Å². The number of hydrogen-bond donors (Lipinski definition) is 1. The quantitative estimate of drug-likeness (QED) is 0.851. The number of nitrogens with one attached hydrogen (secondary N) is 1. The molecular weight excluding hydrogens is 262 g/mol. The van der Waals surface area contributed by atoms with Crippen LogP contribution < -0.4 is 5.32 Å². The Hall–Kier alpha value is -0.290. The minimum Gasteiger partial charge on any atom is -0.360 e. The lowest BCUT2D eigenvalue weighted by atomic mass is 10.0. The monoisotopic (exact) mass is 285 g/mol. The molecule has 0 radical (unpaired) electrons. The van der Waals surface area contributed by atoms with Crippen LogP contribution >= 0.6 is 23.3 Å². The summed E-state index contributed by atoms with van der Waals surface area (Å²) >= 11 is 3.53. The van der Waals surface area contributed by atoms with E-state index in [1.165, 1.54) is 43.6 Å². The zero-order valence-corrected chi connectivity index (χ0v) is 12.9. The molecule has 1 saturated carbocycles. The summed E-state index contributed by atoms with van der Waals surface area (Å²) in [5, 5.41) is 5.15. The number of rotatable bonds is 6. The molecule has 102 valence electrons. The fourth-order valence-electron chi connectivity index (χ4n) is 2.10. The smallest absolute Gasteiger partial charge is 0.202 e. The maximum atomic E-state index is 4.54. The van der Waals surface area contributed by atoms with Gasteiger partial charge in [-0.3, -0.25) is 0 Å². The van der Waals surface area contributed by atoms with Crippen LogP contribution in [-0.4, -0.2) is 21.2 Å². The van der Waals surface area contributed by atoms with E-state index in [4.69, 9.17) is 0 Å². The van der Waals surface area contributed by atoms with E-state index in [1.54, 1.807) is 0 Å². The second kappa shape index (κ2) is 7.34. The van der Waals surface area contributed by atoms with Gasteiger partial charge in [-0.2, -0.15) is 16.1 Å². The Morgan fingerprint density at radius 1 is 1.33 bits per heavy atom. The first-order valence-corrected chi connectivity index (χ1v) is 8.74. The number of aromatic nitrogens is 2. The van der Waals surface area contributed by atoms with Crippen molar-refractivity contribution in [3.63, 3.8) is 0 Å². The molecule has 0 bridgehead atoms. The average Bonchev–Trinajstić information content (AvgIpc) is 2.83. The third-order valence-corrected chi connectivity index (χ3v) is 5.21. The predicted octanol–water partition coefficient (Wildman–Crippen LogP) is 4.17. The van der Waals surface area contributed by atoms with Crippen molar-refractivity contribution < 1.29 is 0 Å². The molecule has 0 amide bonds. The topological polar surface area (TPSA) is 37.8 Å². The highest BCUT2D eigenvalue weighted by Crippen LogP contribution is 2.30. The first-order chi connectivity index (χ1) is 8.74. The van der Waals surface area contributed by atoms with Crippen molar-refractivity contribution in [2.24, 2.45) is 5.92 Å². The fourth-order valence-corrected chi connectivity index (χ4v) is 3.95. The van der Waals surface area contributed by atoms with Crippen molar-refractivity contribution in [2.75, 3.05) is 11.9 Å². The van der Waals surface area contributed by atoms with Gasteiger partial charge >= 0.3 is 0 Å². The molecule has 1 fully saturated rings. The highest BCUT2D eigenvalue weighted by Gasteiger charge is 2.14. The highest BCUT2D eigenvalue weighted by atomic mass is 32.2. The van der Waals surface area contributed by atoms with Gasteiger partial charge in [0.15, 0.2) is 5.82 Å². The molecule has 0 atom stereocenters. The van der Waals surface area contributed by atoms with E-state index in [2.05, 4.69) is 28.5 Å². The van der Waals surface area contributed by atoms with Gasteiger partial charge in [0, 0.05) is 23.3 Å². The van der Waals surface area contributed by atoms with Gasteiger partial charge in [-0.05, 0) is 18.8 Å². The Bertz CT molecular complexity index is 346. The Morgan fingerprint density at radius 2 is 2.11 bits per heavy atom. The van der Waals surface area contributed by atoms with Crippen LogP contribution in [0.2, 0.25) is 0 Å². The maximum Gasteiger partial charge on any atom is 0.202 e. The van der Waals surface area contributed by atoms with E-state index >= 15 is 0 Å². The summed E-state index contributed by atoms with van der Waals surface area (Å²) in [6.45, 7) is 5.38. The molecule has 1 heterocycles. The Labute approximate surface area is 118 Å². The van der Waals surface area contributed by atoms with Gasteiger partial charge in [0.1, 0.15) is 0 Å². The molecule has 1 aromatic rings. The molecule has 18 heavy (non-hydrogen) atoms. The summed E-state index contributed by atoms with van der Waals surface area (Å²) in [4.78, 5) is 4.54. The molecule has 2 rings (SSSR count). The van der Waals surface area contributed by atoms with Crippen molar-refractivity contribution in [1.82, 2.24) is 9.36 Å². The largest absolute Gasteiger partial charge is 0.360 e. The molecular formula is C13H23N3S2.